The van der Waals surface area contributed by atoms with Gasteiger partial charge in [0.2, 0.25) is 0 Å². The number of nitrogens with one attached hydrogen (secondary N) is 1. The standard InChI is InChI=1S/C18H15FN2O3/c1-12(18(23)21-15-7-4-5-13(9-15)11-20)24-17(22)10-14-6-2-3-8-16(14)19/h2-9,12H,10H2,1H3,(H,21,23)/t12-/m1/s1. The van der Waals surface area contributed by atoms with E-state index in [1.165, 1.54) is 31.2 Å². The maximum atomic E-state index is 13.5. The van der Waals surface area contributed by atoms with Crippen molar-refractivity contribution in [2.45, 2.75) is 19.4 Å². The Balaban J connectivity index is 1.92. The quantitative estimate of drug-likeness (QED) is 0.857. The summed E-state index contributed by atoms with van der Waals surface area (Å²) in [6, 6.07) is 14.2. The second-order valence-electron chi connectivity index (χ2n) is 5.08. The van der Waals surface area contributed by atoms with Crippen molar-refractivity contribution in [2.24, 2.45) is 0 Å². The molecule has 2 rings (SSSR count). The molecule has 0 aliphatic rings. The minimum Gasteiger partial charge on any atom is -0.452 e. The van der Waals surface area contributed by atoms with Gasteiger partial charge in [0.25, 0.3) is 5.91 Å². The van der Waals surface area contributed by atoms with E-state index < -0.39 is 23.8 Å². The van der Waals surface area contributed by atoms with E-state index in [9.17, 15) is 14.0 Å². The molecule has 0 fully saturated rings. The second kappa shape index (κ2) is 7.88. The van der Waals surface area contributed by atoms with Gasteiger partial charge in [0.1, 0.15) is 5.82 Å². The zero-order valence-corrected chi connectivity index (χ0v) is 13.0. The van der Waals surface area contributed by atoms with Crippen LogP contribution in [0.4, 0.5) is 10.1 Å². The van der Waals surface area contributed by atoms with Crippen LogP contribution in [0.5, 0.6) is 0 Å². The van der Waals surface area contributed by atoms with E-state index in [0.717, 1.165) is 0 Å². The number of anilines is 1. The Labute approximate surface area is 138 Å². The first kappa shape index (κ1) is 17.2. The number of benzene rings is 2. The maximum Gasteiger partial charge on any atom is 0.311 e. The van der Waals surface area contributed by atoms with Gasteiger partial charge in [-0.15, -0.1) is 0 Å². The topological polar surface area (TPSA) is 79.2 Å². The van der Waals surface area contributed by atoms with E-state index in [4.69, 9.17) is 10.00 Å². The molecule has 5 nitrogen and oxygen atoms in total. The largest absolute Gasteiger partial charge is 0.452 e. The monoisotopic (exact) mass is 326 g/mol. The third-order valence-corrected chi connectivity index (χ3v) is 3.23. The Morgan fingerprint density at radius 2 is 2.00 bits per heavy atom. The summed E-state index contributed by atoms with van der Waals surface area (Å²) >= 11 is 0. The summed E-state index contributed by atoms with van der Waals surface area (Å²) in [4.78, 5) is 23.8. The fourth-order valence-corrected chi connectivity index (χ4v) is 2.00. The van der Waals surface area contributed by atoms with Crippen LogP contribution in [0.25, 0.3) is 0 Å². The van der Waals surface area contributed by atoms with Crippen molar-refractivity contribution >= 4 is 17.6 Å². The molecule has 1 N–H and O–H groups in total. The molecular weight excluding hydrogens is 311 g/mol. The molecule has 0 unspecified atom stereocenters. The molecule has 0 aromatic heterocycles. The minimum atomic E-state index is -1.05. The van der Waals surface area contributed by atoms with E-state index in [2.05, 4.69) is 5.32 Å². The van der Waals surface area contributed by atoms with E-state index in [1.807, 2.05) is 6.07 Å². The number of nitrogens with zero attached hydrogens (tertiary/aromatic N) is 1. The summed E-state index contributed by atoms with van der Waals surface area (Å²) in [6.07, 6.45) is -1.30. The third kappa shape index (κ3) is 4.65. The average Bonchev–Trinajstić information content (AvgIpc) is 2.57. The third-order valence-electron chi connectivity index (χ3n) is 3.23. The number of esters is 1. The number of nitriles is 1. The summed E-state index contributed by atoms with van der Waals surface area (Å²) < 4.78 is 18.5. The molecular formula is C18H15FN2O3. The first-order valence-electron chi connectivity index (χ1n) is 7.23. The Kier molecular flexibility index (Phi) is 5.63. The van der Waals surface area contributed by atoms with Gasteiger partial charge < -0.3 is 10.1 Å². The van der Waals surface area contributed by atoms with E-state index in [1.54, 1.807) is 24.3 Å². The molecule has 24 heavy (non-hydrogen) atoms. The van der Waals surface area contributed by atoms with Gasteiger partial charge >= 0.3 is 5.97 Å². The number of amides is 1. The molecule has 2 aromatic carbocycles. The van der Waals surface area contributed by atoms with Crippen LogP contribution >= 0.6 is 0 Å². The average molecular weight is 326 g/mol. The lowest BCUT2D eigenvalue weighted by Gasteiger charge is -2.14. The maximum absolute atomic E-state index is 13.5. The van der Waals surface area contributed by atoms with Crippen molar-refractivity contribution < 1.29 is 18.7 Å². The Bertz CT molecular complexity index is 799. The minimum absolute atomic E-state index is 0.205. The lowest BCUT2D eigenvalue weighted by atomic mass is 10.1. The smallest absolute Gasteiger partial charge is 0.311 e. The number of ether oxygens (including phenoxy) is 1. The first-order valence-corrected chi connectivity index (χ1v) is 7.23. The molecule has 2 aromatic rings. The lowest BCUT2D eigenvalue weighted by Crippen LogP contribution is -2.30. The van der Waals surface area contributed by atoms with Crippen LogP contribution in [0.15, 0.2) is 48.5 Å². The van der Waals surface area contributed by atoms with Crippen LogP contribution < -0.4 is 5.32 Å². The first-order chi connectivity index (χ1) is 11.5. The number of rotatable bonds is 5. The summed E-state index contributed by atoms with van der Waals surface area (Å²) in [5.41, 5.74) is 1.03. The summed E-state index contributed by atoms with van der Waals surface area (Å²) in [5.74, 6) is -1.74. The normalized spacial score (nSPS) is 11.2. The van der Waals surface area contributed by atoms with Crippen LogP contribution in [0.3, 0.4) is 0 Å². The van der Waals surface area contributed by atoms with Crippen LogP contribution in [0.2, 0.25) is 0 Å². The van der Waals surface area contributed by atoms with Gasteiger partial charge in [-0.3, -0.25) is 9.59 Å². The molecule has 6 heteroatoms. The van der Waals surface area contributed by atoms with Crippen LogP contribution in [0, 0.1) is 17.1 Å². The van der Waals surface area contributed by atoms with E-state index >= 15 is 0 Å². The van der Waals surface area contributed by atoms with E-state index in [-0.39, 0.29) is 12.0 Å². The summed E-state index contributed by atoms with van der Waals surface area (Å²) in [7, 11) is 0. The van der Waals surface area contributed by atoms with Crippen molar-refractivity contribution in [3.63, 3.8) is 0 Å². The Morgan fingerprint density at radius 1 is 1.25 bits per heavy atom. The predicted molar refractivity (Wildman–Crippen MR) is 85.4 cm³/mol. The number of halogens is 1. The van der Waals surface area contributed by atoms with Gasteiger partial charge in [0.05, 0.1) is 18.1 Å². The number of carbonyl (C=O) groups excluding carboxylic acids is 2. The van der Waals surface area contributed by atoms with Crippen molar-refractivity contribution in [2.75, 3.05) is 5.32 Å². The Hall–Kier alpha value is -3.20. The van der Waals surface area contributed by atoms with E-state index in [0.29, 0.717) is 11.3 Å². The van der Waals surface area contributed by atoms with Gasteiger partial charge in [0, 0.05) is 5.69 Å². The van der Waals surface area contributed by atoms with Gasteiger partial charge in [-0.05, 0) is 36.8 Å². The molecule has 0 saturated carbocycles. The highest BCUT2D eigenvalue weighted by atomic mass is 19.1. The SMILES string of the molecule is C[C@@H](OC(=O)Cc1ccccc1F)C(=O)Nc1cccc(C#N)c1. The highest BCUT2D eigenvalue weighted by molar-refractivity contribution is 5.95. The van der Waals surface area contributed by atoms with Gasteiger partial charge in [-0.1, -0.05) is 24.3 Å². The molecule has 0 radical (unpaired) electrons. The molecule has 0 aliphatic carbocycles. The lowest BCUT2D eigenvalue weighted by molar-refractivity contribution is -0.152. The predicted octanol–water partition coefficient (Wildman–Crippen LogP) is 2.81. The molecule has 1 amide bonds. The van der Waals surface area contributed by atoms with Crippen molar-refractivity contribution in [3.8, 4) is 6.07 Å². The molecule has 122 valence electrons. The van der Waals surface area contributed by atoms with Gasteiger partial charge in [-0.2, -0.15) is 5.26 Å². The van der Waals surface area contributed by atoms with Crippen LogP contribution in [0.1, 0.15) is 18.1 Å². The summed E-state index contributed by atoms with van der Waals surface area (Å²) in [6.45, 7) is 1.42. The fraction of sp³-hybridized carbons (Fsp3) is 0.167. The molecule has 1 atom stereocenters. The molecule has 0 spiro atoms. The molecule has 0 bridgehead atoms. The highest BCUT2D eigenvalue weighted by Crippen LogP contribution is 2.12. The van der Waals surface area contributed by atoms with Crippen LogP contribution in [-0.2, 0) is 20.7 Å². The molecule has 0 aliphatic heterocycles. The molecule has 0 saturated heterocycles. The Morgan fingerprint density at radius 3 is 2.71 bits per heavy atom. The van der Waals surface area contributed by atoms with Crippen molar-refractivity contribution in [1.82, 2.24) is 0 Å². The molecule has 0 heterocycles. The summed E-state index contributed by atoms with van der Waals surface area (Å²) in [5, 5.41) is 11.4. The van der Waals surface area contributed by atoms with Gasteiger partial charge in [0.15, 0.2) is 6.10 Å². The van der Waals surface area contributed by atoms with Crippen molar-refractivity contribution in [1.29, 1.82) is 5.26 Å². The second-order valence-corrected chi connectivity index (χ2v) is 5.08. The number of hydrogen-bond donors (Lipinski definition) is 1. The van der Waals surface area contributed by atoms with Gasteiger partial charge in [-0.25, -0.2) is 4.39 Å². The van der Waals surface area contributed by atoms with Crippen molar-refractivity contribution in [3.05, 3.63) is 65.5 Å². The number of carbonyl (C=O) groups is 2. The highest BCUT2D eigenvalue weighted by Gasteiger charge is 2.19. The zero-order valence-electron chi connectivity index (χ0n) is 13.0. The zero-order chi connectivity index (χ0) is 17.5. The fourth-order valence-electron chi connectivity index (χ4n) is 2.00. The number of hydrogen-bond acceptors (Lipinski definition) is 4. The van der Waals surface area contributed by atoms with Crippen LogP contribution in [-0.4, -0.2) is 18.0 Å².